The van der Waals surface area contributed by atoms with Crippen LogP contribution in [-0.4, -0.2) is 56.3 Å². The van der Waals surface area contributed by atoms with Crippen molar-refractivity contribution < 1.29 is 31.1 Å². The van der Waals surface area contributed by atoms with Gasteiger partial charge in [-0.25, -0.2) is 23.5 Å². The molecular weight excluding hydrogens is 439 g/mol. The van der Waals surface area contributed by atoms with Crippen LogP contribution in [0, 0.1) is 6.92 Å². The van der Waals surface area contributed by atoms with Crippen LogP contribution in [0.3, 0.4) is 0 Å². The van der Waals surface area contributed by atoms with E-state index in [1.54, 1.807) is 17.9 Å². The molecule has 1 aliphatic heterocycles. The molecule has 2 aromatic heterocycles. The van der Waals surface area contributed by atoms with Crippen LogP contribution in [0.5, 0.6) is 0 Å². The van der Waals surface area contributed by atoms with Crippen LogP contribution in [0.1, 0.15) is 22.3 Å². The first-order chi connectivity index (χ1) is 14.4. The number of carbonyl (C=O) groups is 1. The van der Waals surface area contributed by atoms with E-state index in [0.717, 1.165) is 6.07 Å². The lowest BCUT2D eigenvalue weighted by Gasteiger charge is -2.23. The second kappa shape index (κ2) is 8.77. The fourth-order valence-corrected chi connectivity index (χ4v) is 3.56. The van der Waals surface area contributed by atoms with Gasteiger partial charge in [-0.2, -0.15) is 13.2 Å². The number of nitrogens with two attached hydrogens (primary N) is 1. The minimum atomic E-state index is -4.47. The van der Waals surface area contributed by atoms with E-state index in [9.17, 15) is 26.4 Å². The zero-order valence-corrected chi connectivity index (χ0v) is 17.2. The topological polar surface area (TPSA) is 128 Å². The molecule has 1 saturated heterocycles. The number of aryl methyl sites for hydroxylation is 1. The highest BCUT2D eigenvalue weighted by Crippen LogP contribution is 2.29. The minimum absolute atomic E-state index is 0.00859. The SMILES string of the molecule is Cc1cnc(N2CCOC(C(F)(F)F)CC2)c(C(=O)Nc2ccnc(S(N)(=O)=O)c2)c1. The van der Waals surface area contributed by atoms with E-state index in [1.165, 1.54) is 18.5 Å². The van der Waals surface area contributed by atoms with Gasteiger partial charge in [0.2, 0.25) is 0 Å². The van der Waals surface area contributed by atoms with Gasteiger partial charge in [0.15, 0.2) is 11.1 Å². The molecule has 3 N–H and O–H groups in total. The minimum Gasteiger partial charge on any atom is -0.367 e. The maximum Gasteiger partial charge on any atom is 0.414 e. The first-order valence-electron chi connectivity index (χ1n) is 9.15. The molecule has 1 unspecified atom stereocenters. The summed E-state index contributed by atoms with van der Waals surface area (Å²) < 4.78 is 66.8. The highest BCUT2D eigenvalue weighted by Gasteiger charge is 2.41. The normalized spacial score (nSPS) is 17.8. The van der Waals surface area contributed by atoms with E-state index in [-0.39, 0.29) is 43.2 Å². The van der Waals surface area contributed by atoms with Gasteiger partial charge in [0, 0.05) is 43.7 Å². The van der Waals surface area contributed by atoms with Crippen molar-refractivity contribution in [2.24, 2.45) is 5.14 Å². The zero-order chi connectivity index (χ0) is 22.8. The molecule has 0 spiro atoms. The van der Waals surface area contributed by atoms with E-state index in [4.69, 9.17) is 9.88 Å². The smallest absolute Gasteiger partial charge is 0.367 e. The van der Waals surface area contributed by atoms with Gasteiger partial charge >= 0.3 is 6.18 Å². The lowest BCUT2D eigenvalue weighted by molar-refractivity contribution is -0.218. The molecule has 1 amide bonds. The number of amides is 1. The summed E-state index contributed by atoms with van der Waals surface area (Å²) in [6, 6.07) is 4.03. The molecule has 1 aliphatic rings. The van der Waals surface area contributed by atoms with Gasteiger partial charge in [0.25, 0.3) is 15.9 Å². The van der Waals surface area contributed by atoms with Gasteiger partial charge in [-0.3, -0.25) is 4.79 Å². The number of hydrogen-bond donors (Lipinski definition) is 2. The summed E-state index contributed by atoms with van der Waals surface area (Å²) in [7, 11) is -4.07. The summed E-state index contributed by atoms with van der Waals surface area (Å²) in [5.41, 5.74) is 0.917. The first kappa shape index (κ1) is 22.9. The average molecular weight is 459 g/mol. The third-order valence-electron chi connectivity index (χ3n) is 4.54. The van der Waals surface area contributed by atoms with Crippen molar-refractivity contribution in [3.8, 4) is 0 Å². The monoisotopic (exact) mass is 459 g/mol. The predicted molar refractivity (Wildman–Crippen MR) is 105 cm³/mol. The summed E-state index contributed by atoms with van der Waals surface area (Å²) in [5, 5.41) is 7.18. The fraction of sp³-hybridized carbons (Fsp3) is 0.389. The molecule has 9 nitrogen and oxygen atoms in total. The van der Waals surface area contributed by atoms with Crippen LogP contribution in [0.4, 0.5) is 24.7 Å². The molecule has 0 aliphatic carbocycles. The number of halogens is 3. The largest absolute Gasteiger partial charge is 0.414 e. The summed E-state index contributed by atoms with van der Waals surface area (Å²) in [6.45, 7) is 1.65. The number of pyridine rings is 2. The van der Waals surface area contributed by atoms with Crippen LogP contribution in [0.25, 0.3) is 0 Å². The second-order valence-corrected chi connectivity index (χ2v) is 8.45. The molecular formula is C18H20F3N5O4S. The maximum atomic E-state index is 13.0. The Hall–Kier alpha value is -2.77. The molecule has 1 fully saturated rings. The van der Waals surface area contributed by atoms with Crippen molar-refractivity contribution >= 4 is 27.4 Å². The Morgan fingerprint density at radius 3 is 2.71 bits per heavy atom. The lowest BCUT2D eigenvalue weighted by Crippen LogP contribution is -2.32. The number of primary sulfonamides is 1. The van der Waals surface area contributed by atoms with Crippen LogP contribution in [0.2, 0.25) is 0 Å². The molecule has 1 atom stereocenters. The molecule has 0 radical (unpaired) electrons. The van der Waals surface area contributed by atoms with E-state index in [2.05, 4.69) is 15.3 Å². The number of carbonyl (C=O) groups excluding carboxylic acids is 1. The van der Waals surface area contributed by atoms with E-state index < -0.39 is 33.2 Å². The number of alkyl halides is 3. The van der Waals surface area contributed by atoms with Crippen LogP contribution < -0.4 is 15.4 Å². The van der Waals surface area contributed by atoms with Crippen molar-refractivity contribution in [1.82, 2.24) is 9.97 Å². The van der Waals surface area contributed by atoms with Crippen LogP contribution in [0.15, 0.2) is 35.6 Å². The number of nitrogens with zero attached hydrogens (tertiary/aromatic N) is 3. The second-order valence-electron chi connectivity index (χ2n) is 6.94. The van der Waals surface area contributed by atoms with Crippen molar-refractivity contribution in [3.05, 3.63) is 41.7 Å². The van der Waals surface area contributed by atoms with Gasteiger partial charge in [-0.1, -0.05) is 0 Å². The summed E-state index contributed by atoms with van der Waals surface area (Å²) >= 11 is 0. The highest BCUT2D eigenvalue weighted by molar-refractivity contribution is 7.89. The lowest BCUT2D eigenvalue weighted by atomic mass is 10.1. The molecule has 13 heteroatoms. The van der Waals surface area contributed by atoms with Gasteiger partial charge in [-0.15, -0.1) is 0 Å². The Bertz CT molecular complexity index is 1080. The molecule has 0 aromatic carbocycles. The Balaban J connectivity index is 1.86. The Morgan fingerprint density at radius 1 is 1.29 bits per heavy atom. The van der Waals surface area contributed by atoms with Crippen molar-refractivity contribution in [2.45, 2.75) is 30.7 Å². The van der Waals surface area contributed by atoms with Gasteiger partial charge in [-0.05, 0) is 24.6 Å². The first-order valence-corrected chi connectivity index (χ1v) is 10.7. The van der Waals surface area contributed by atoms with Crippen molar-refractivity contribution in [2.75, 3.05) is 29.9 Å². The van der Waals surface area contributed by atoms with Crippen molar-refractivity contribution in [3.63, 3.8) is 0 Å². The third-order valence-corrected chi connectivity index (χ3v) is 5.34. The van der Waals surface area contributed by atoms with E-state index in [1.807, 2.05) is 0 Å². The number of aromatic nitrogens is 2. The molecule has 0 saturated carbocycles. The Labute approximate surface area is 176 Å². The molecule has 0 bridgehead atoms. The number of hydrogen-bond acceptors (Lipinski definition) is 7. The molecule has 3 heterocycles. The van der Waals surface area contributed by atoms with Crippen molar-refractivity contribution in [1.29, 1.82) is 0 Å². The quantitative estimate of drug-likeness (QED) is 0.714. The Kier molecular flexibility index (Phi) is 6.48. The van der Waals surface area contributed by atoms with Gasteiger partial charge < -0.3 is 15.0 Å². The number of rotatable bonds is 4. The highest BCUT2D eigenvalue weighted by atomic mass is 32.2. The molecule has 2 aromatic rings. The standard InChI is InChI=1S/C18H20F3N5O4S/c1-11-8-13(17(27)25-12-2-4-23-15(9-12)31(22,28)29)16(24-10-11)26-5-3-14(18(19,20)21)30-7-6-26/h2,4,8-10,14H,3,5-7H2,1H3,(H2,22,28,29)(H,23,25,27). The van der Waals surface area contributed by atoms with E-state index >= 15 is 0 Å². The van der Waals surface area contributed by atoms with Crippen LogP contribution >= 0.6 is 0 Å². The summed E-state index contributed by atoms with van der Waals surface area (Å²) in [6.07, 6.45) is -3.98. The Morgan fingerprint density at radius 2 is 2.03 bits per heavy atom. The van der Waals surface area contributed by atoms with Gasteiger partial charge in [0.1, 0.15) is 5.82 Å². The third kappa shape index (κ3) is 5.68. The maximum absolute atomic E-state index is 13.0. The number of ether oxygens (including phenoxy) is 1. The van der Waals surface area contributed by atoms with Gasteiger partial charge in [0.05, 0.1) is 12.2 Å². The number of nitrogens with one attached hydrogen (secondary N) is 1. The zero-order valence-electron chi connectivity index (χ0n) is 16.4. The molecule has 3 rings (SSSR count). The van der Waals surface area contributed by atoms with E-state index in [0.29, 0.717) is 5.56 Å². The summed E-state index contributed by atoms with van der Waals surface area (Å²) in [4.78, 5) is 22.4. The average Bonchev–Trinajstić information content (AvgIpc) is 2.94. The fourth-order valence-electron chi connectivity index (χ4n) is 3.07. The summed E-state index contributed by atoms with van der Waals surface area (Å²) in [5.74, 6) is -0.412. The molecule has 31 heavy (non-hydrogen) atoms. The van der Waals surface area contributed by atoms with Crippen LogP contribution in [-0.2, 0) is 14.8 Å². The molecule has 168 valence electrons. The number of sulfonamides is 1. The number of anilines is 2. The predicted octanol–water partition coefficient (Wildman–Crippen LogP) is 1.84.